The number of anilines is 1. The van der Waals surface area contributed by atoms with Crippen molar-refractivity contribution in [2.24, 2.45) is 5.10 Å². The number of ether oxygens (including phenoxy) is 1. The number of hydrazone groups is 1. The van der Waals surface area contributed by atoms with Gasteiger partial charge in [0.1, 0.15) is 0 Å². The van der Waals surface area contributed by atoms with Gasteiger partial charge in [-0.3, -0.25) is 14.9 Å². The van der Waals surface area contributed by atoms with E-state index in [1.54, 1.807) is 6.07 Å². The monoisotopic (exact) mass is 422 g/mol. The summed E-state index contributed by atoms with van der Waals surface area (Å²) in [6.45, 7) is 2.73. The highest BCUT2D eigenvalue weighted by atomic mass is 79.9. The smallest absolute Gasteiger partial charge is 0.271 e. The highest BCUT2D eigenvalue weighted by molar-refractivity contribution is 9.10. The third-order valence-corrected chi connectivity index (χ3v) is 4.23. The Morgan fingerprint density at radius 1 is 1.35 bits per heavy atom. The lowest BCUT2D eigenvalue weighted by molar-refractivity contribution is -0.384. The van der Waals surface area contributed by atoms with Crippen LogP contribution in [0.15, 0.2) is 44.3 Å². The molecule has 26 heavy (non-hydrogen) atoms. The molecule has 3 rings (SSSR count). The highest BCUT2D eigenvalue weighted by Crippen LogP contribution is 2.30. The maximum absolute atomic E-state index is 12.0. The largest absolute Gasteiger partial charge is 0.438 e. The molecule has 0 saturated carbocycles. The zero-order valence-electron chi connectivity index (χ0n) is 13.6. The van der Waals surface area contributed by atoms with Crippen molar-refractivity contribution in [1.82, 2.24) is 5.43 Å². The van der Waals surface area contributed by atoms with Gasteiger partial charge in [-0.25, -0.2) is 5.43 Å². The molecule has 1 aliphatic rings. The Labute approximate surface area is 156 Å². The predicted octanol–water partition coefficient (Wildman–Crippen LogP) is 2.55. The first-order valence-electron chi connectivity index (χ1n) is 7.74. The molecule has 1 fully saturated rings. The number of nitrogens with one attached hydrogen (secondary N) is 1. The third-order valence-electron chi connectivity index (χ3n) is 3.66. The minimum absolute atomic E-state index is 0.144. The second-order valence-corrected chi connectivity index (χ2v) is 6.26. The fourth-order valence-electron chi connectivity index (χ4n) is 2.40. The third kappa shape index (κ3) is 4.27. The van der Waals surface area contributed by atoms with Gasteiger partial charge in [0, 0.05) is 36.9 Å². The molecular formula is C16H15BrN4O5. The number of benzene rings is 1. The van der Waals surface area contributed by atoms with Crippen LogP contribution in [0.3, 0.4) is 0 Å². The van der Waals surface area contributed by atoms with Gasteiger partial charge in [-0.15, -0.1) is 0 Å². The molecular weight excluding hydrogens is 408 g/mol. The molecule has 136 valence electrons. The van der Waals surface area contributed by atoms with Crippen molar-refractivity contribution in [3.63, 3.8) is 0 Å². The van der Waals surface area contributed by atoms with E-state index >= 15 is 0 Å². The van der Waals surface area contributed by atoms with E-state index in [2.05, 4.69) is 26.5 Å². The number of halogens is 1. The van der Waals surface area contributed by atoms with Crippen LogP contribution in [0.25, 0.3) is 0 Å². The van der Waals surface area contributed by atoms with Gasteiger partial charge in [-0.05, 0) is 22.0 Å². The van der Waals surface area contributed by atoms with Crippen molar-refractivity contribution < 1.29 is 18.9 Å². The summed E-state index contributed by atoms with van der Waals surface area (Å²) in [4.78, 5) is 24.3. The first-order valence-corrected chi connectivity index (χ1v) is 8.54. The van der Waals surface area contributed by atoms with Crippen LogP contribution >= 0.6 is 15.9 Å². The molecule has 0 aliphatic carbocycles. The molecule has 0 spiro atoms. The number of carbonyl (C=O) groups is 1. The Balaban J connectivity index is 1.64. The van der Waals surface area contributed by atoms with Crippen LogP contribution in [-0.2, 0) is 4.74 Å². The Morgan fingerprint density at radius 3 is 2.85 bits per heavy atom. The van der Waals surface area contributed by atoms with Crippen molar-refractivity contribution >= 4 is 39.6 Å². The van der Waals surface area contributed by atoms with Crippen molar-refractivity contribution in [2.45, 2.75) is 0 Å². The van der Waals surface area contributed by atoms with Crippen molar-refractivity contribution in [3.8, 4) is 0 Å². The first-order chi connectivity index (χ1) is 12.5. The molecule has 9 nitrogen and oxygen atoms in total. The van der Waals surface area contributed by atoms with Crippen LogP contribution in [-0.4, -0.2) is 43.3 Å². The molecule has 2 aromatic rings. The maximum atomic E-state index is 12.0. The van der Waals surface area contributed by atoms with Gasteiger partial charge in [-0.2, -0.15) is 5.10 Å². The number of nitrogens with zero attached hydrogens (tertiary/aromatic N) is 3. The van der Waals surface area contributed by atoms with Gasteiger partial charge in [-0.1, -0.05) is 6.07 Å². The van der Waals surface area contributed by atoms with Crippen LogP contribution in [0.1, 0.15) is 16.1 Å². The average molecular weight is 423 g/mol. The minimum atomic E-state index is -0.562. The molecule has 2 heterocycles. The van der Waals surface area contributed by atoms with E-state index in [0.717, 1.165) is 17.6 Å². The standard InChI is InChI=1S/C16H15BrN4O5/c17-14-9-13(26-16(14)20-4-6-25-7-5-20)10-18-19-15(22)11-2-1-3-12(8-11)21(23)24/h1-3,8-10H,4-7H2,(H,19,22)/b18-10-. The molecule has 1 aliphatic heterocycles. The summed E-state index contributed by atoms with van der Waals surface area (Å²) in [6.07, 6.45) is 1.37. The highest BCUT2D eigenvalue weighted by Gasteiger charge is 2.18. The molecule has 1 aromatic carbocycles. The normalized spacial score (nSPS) is 14.6. The van der Waals surface area contributed by atoms with Crippen molar-refractivity contribution in [2.75, 3.05) is 31.2 Å². The van der Waals surface area contributed by atoms with Crippen LogP contribution in [0.4, 0.5) is 11.6 Å². The fraction of sp³-hybridized carbons (Fsp3) is 0.250. The number of hydrogen-bond donors (Lipinski definition) is 1. The molecule has 0 bridgehead atoms. The molecule has 0 radical (unpaired) electrons. The molecule has 1 aromatic heterocycles. The van der Waals surface area contributed by atoms with Crippen LogP contribution < -0.4 is 10.3 Å². The number of rotatable bonds is 5. The number of amides is 1. The number of hydrogen-bond acceptors (Lipinski definition) is 7. The molecule has 1 saturated heterocycles. The number of nitro benzene ring substituents is 1. The van der Waals surface area contributed by atoms with E-state index in [1.807, 2.05) is 4.90 Å². The summed E-state index contributed by atoms with van der Waals surface area (Å²) < 4.78 is 11.8. The summed E-state index contributed by atoms with van der Waals surface area (Å²) in [5.74, 6) is 0.585. The minimum Gasteiger partial charge on any atom is -0.438 e. The second kappa shape index (κ2) is 8.11. The molecule has 0 unspecified atom stereocenters. The summed E-state index contributed by atoms with van der Waals surface area (Å²) in [7, 11) is 0. The summed E-state index contributed by atoms with van der Waals surface area (Å²) in [5.41, 5.74) is 2.30. The van der Waals surface area contributed by atoms with Crippen LogP contribution in [0.2, 0.25) is 0 Å². The van der Waals surface area contributed by atoms with Gasteiger partial charge in [0.05, 0.1) is 28.8 Å². The summed E-state index contributed by atoms with van der Waals surface area (Å²) in [5, 5.41) is 14.6. The number of carbonyl (C=O) groups excluding carboxylic acids is 1. The quantitative estimate of drug-likeness (QED) is 0.450. The van der Waals surface area contributed by atoms with Crippen LogP contribution in [0, 0.1) is 10.1 Å². The predicted molar refractivity (Wildman–Crippen MR) is 97.6 cm³/mol. The van der Waals surface area contributed by atoms with E-state index < -0.39 is 10.8 Å². The average Bonchev–Trinajstić information content (AvgIpc) is 3.03. The molecule has 1 N–H and O–H groups in total. The van der Waals surface area contributed by atoms with Gasteiger partial charge >= 0.3 is 0 Å². The Bertz CT molecular complexity index is 845. The fourth-order valence-corrected chi connectivity index (χ4v) is 2.96. The Kier molecular flexibility index (Phi) is 5.64. The first kappa shape index (κ1) is 18.1. The lowest BCUT2D eigenvalue weighted by atomic mass is 10.2. The van der Waals surface area contributed by atoms with Gasteiger partial charge in [0.2, 0.25) is 5.88 Å². The maximum Gasteiger partial charge on any atom is 0.271 e. The SMILES string of the molecule is O=C(N/N=C\c1cc(Br)c(N2CCOCC2)o1)c1cccc([N+](=O)[O-])c1. The zero-order valence-corrected chi connectivity index (χ0v) is 15.1. The van der Waals surface area contributed by atoms with Crippen molar-refractivity contribution in [3.05, 3.63) is 56.2 Å². The molecule has 10 heteroatoms. The zero-order chi connectivity index (χ0) is 18.5. The summed E-state index contributed by atoms with van der Waals surface area (Å²) in [6, 6.07) is 7.15. The van der Waals surface area contributed by atoms with E-state index in [0.29, 0.717) is 24.9 Å². The lowest BCUT2D eigenvalue weighted by Crippen LogP contribution is -2.36. The van der Waals surface area contributed by atoms with Gasteiger partial charge < -0.3 is 14.1 Å². The number of nitro groups is 1. The lowest BCUT2D eigenvalue weighted by Gasteiger charge is -2.26. The van der Waals surface area contributed by atoms with Crippen LogP contribution in [0.5, 0.6) is 0 Å². The number of non-ortho nitro benzene ring substituents is 1. The Hall–Kier alpha value is -2.72. The Morgan fingerprint density at radius 2 is 2.12 bits per heavy atom. The number of morpholine rings is 1. The number of furan rings is 1. The van der Waals surface area contributed by atoms with Crippen molar-refractivity contribution in [1.29, 1.82) is 0 Å². The van der Waals surface area contributed by atoms with E-state index in [1.165, 1.54) is 30.5 Å². The summed E-state index contributed by atoms with van der Waals surface area (Å²) >= 11 is 3.44. The van der Waals surface area contributed by atoms with E-state index in [9.17, 15) is 14.9 Å². The van der Waals surface area contributed by atoms with E-state index in [4.69, 9.17) is 9.15 Å². The van der Waals surface area contributed by atoms with E-state index in [-0.39, 0.29) is 11.3 Å². The molecule has 1 amide bonds. The molecule has 0 atom stereocenters. The van der Waals surface area contributed by atoms with Gasteiger partial charge in [0.15, 0.2) is 5.76 Å². The topological polar surface area (TPSA) is 110 Å². The second-order valence-electron chi connectivity index (χ2n) is 5.41. The van der Waals surface area contributed by atoms with Gasteiger partial charge in [0.25, 0.3) is 11.6 Å².